The Balaban J connectivity index is 1.93. The lowest BCUT2D eigenvalue weighted by molar-refractivity contribution is 0.393. The highest BCUT2D eigenvalue weighted by molar-refractivity contribution is 5.32. The summed E-state index contributed by atoms with van der Waals surface area (Å²) in [4.78, 5) is 0. The highest BCUT2D eigenvalue weighted by atomic mass is 15.3. The highest BCUT2D eigenvalue weighted by Gasteiger charge is 2.20. The van der Waals surface area contributed by atoms with Crippen LogP contribution in [0, 0.1) is 0 Å². The van der Waals surface area contributed by atoms with Gasteiger partial charge in [-0.15, -0.1) is 10.2 Å². The number of hydrogen-bond acceptors (Lipinski definition) is 3. The molecule has 1 aromatic carbocycles. The molecule has 0 amide bonds. The maximum absolute atomic E-state index is 4.27. The van der Waals surface area contributed by atoms with Crippen LogP contribution in [0.4, 0.5) is 0 Å². The van der Waals surface area contributed by atoms with Gasteiger partial charge in [-0.2, -0.15) is 0 Å². The number of benzene rings is 1. The van der Waals surface area contributed by atoms with E-state index in [1.165, 1.54) is 12.8 Å². The molecular weight excluding hydrogens is 212 g/mol. The molecule has 0 saturated carbocycles. The van der Waals surface area contributed by atoms with Crippen molar-refractivity contribution in [3.8, 4) is 5.69 Å². The van der Waals surface area contributed by atoms with Crippen molar-refractivity contribution in [1.29, 1.82) is 0 Å². The topological polar surface area (TPSA) is 42.7 Å². The summed E-state index contributed by atoms with van der Waals surface area (Å²) in [6, 6.07) is 10.6. The number of nitrogens with one attached hydrogen (secondary N) is 1. The molecule has 4 nitrogen and oxygen atoms in total. The molecule has 2 aromatic rings. The molecule has 1 aliphatic heterocycles. The third-order valence-electron chi connectivity index (χ3n) is 3.23. The maximum Gasteiger partial charge on any atom is 0.154 e. The lowest BCUT2D eigenvalue weighted by atomic mass is 10.0. The van der Waals surface area contributed by atoms with Crippen LogP contribution in [0.25, 0.3) is 5.69 Å². The molecule has 1 aliphatic rings. The van der Waals surface area contributed by atoms with E-state index in [1.807, 2.05) is 18.2 Å². The Labute approximate surface area is 101 Å². The van der Waals surface area contributed by atoms with Crippen molar-refractivity contribution in [1.82, 2.24) is 20.1 Å². The fraction of sp³-hybridized carbons (Fsp3) is 0.385. The standard InChI is InChI=1S/C13H16N4/c1-2-6-11(7-3-1)17-10-15-16-13(17)12-8-4-5-9-14-12/h1-3,6-7,10,12,14H,4-5,8-9H2/t12-/m1/s1. The van der Waals surface area contributed by atoms with Crippen molar-refractivity contribution in [2.75, 3.05) is 6.54 Å². The van der Waals surface area contributed by atoms with Gasteiger partial charge in [-0.05, 0) is 31.5 Å². The average Bonchev–Trinajstić information content (AvgIpc) is 2.90. The first kappa shape index (κ1) is 10.5. The van der Waals surface area contributed by atoms with Crippen molar-refractivity contribution >= 4 is 0 Å². The van der Waals surface area contributed by atoms with Gasteiger partial charge in [-0.1, -0.05) is 24.6 Å². The molecule has 1 aromatic heterocycles. The van der Waals surface area contributed by atoms with Crippen LogP contribution in [-0.2, 0) is 0 Å². The minimum Gasteiger partial charge on any atom is -0.307 e. The van der Waals surface area contributed by atoms with Crippen molar-refractivity contribution in [2.45, 2.75) is 25.3 Å². The Morgan fingerprint density at radius 1 is 1.18 bits per heavy atom. The van der Waals surface area contributed by atoms with E-state index in [0.29, 0.717) is 6.04 Å². The minimum atomic E-state index is 0.339. The van der Waals surface area contributed by atoms with Crippen LogP contribution >= 0.6 is 0 Å². The summed E-state index contributed by atoms with van der Waals surface area (Å²) in [6.07, 6.45) is 5.46. The second kappa shape index (κ2) is 4.67. The van der Waals surface area contributed by atoms with E-state index in [1.54, 1.807) is 6.33 Å². The highest BCUT2D eigenvalue weighted by Crippen LogP contribution is 2.22. The Morgan fingerprint density at radius 3 is 2.82 bits per heavy atom. The largest absolute Gasteiger partial charge is 0.307 e. The van der Waals surface area contributed by atoms with Gasteiger partial charge in [0.25, 0.3) is 0 Å². The molecular formula is C13H16N4. The van der Waals surface area contributed by atoms with Crippen molar-refractivity contribution in [3.63, 3.8) is 0 Å². The van der Waals surface area contributed by atoms with E-state index in [2.05, 4.69) is 32.2 Å². The van der Waals surface area contributed by atoms with Crippen molar-refractivity contribution in [2.24, 2.45) is 0 Å². The molecule has 3 rings (SSSR count). The van der Waals surface area contributed by atoms with Crippen LogP contribution in [0.2, 0.25) is 0 Å². The van der Waals surface area contributed by atoms with E-state index in [-0.39, 0.29) is 0 Å². The zero-order chi connectivity index (χ0) is 11.5. The predicted molar refractivity (Wildman–Crippen MR) is 66.0 cm³/mol. The Morgan fingerprint density at radius 2 is 2.06 bits per heavy atom. The fourth-order valence-corrected chi connectivity index (χ4v) is 2.34. The third kappa shape index (κ3) is 2.08. The van der Waals surface area contributed by atoms with Gasteiger partial charge in [-0.3, -0.25) is 4.57 Å². The molecule has 4 heteroatoms. The van der Waals surface area contributed by atoms with Gasteiger partial charge < -0.3 is 5.32 Å². The number of para-hydroxylation sites is 1. The van der Waals surface area contributed by atoms with Crippen LogP contribution in [-0.4, -0.2) is 21.3 Å². The second-order valence-electron chi connectivity index (χ2n) is 4.40. The molecule has 0 radical (unpaired) electrons. The van der Waals surface area contributed by atoms with Crippen LogP contribution in [0.15, 0.2) is 36.7 Å². The SMILES string of the molecule is c1ccc(-n2cnnc2[C@H]2CCCCN2)cc1. The fourth-order valence-electron chi connectivity index (χ4n) is 2.34. The van der Waals surface area contributed by atoms with Crippen LogP contribution in [0.5, 0.6) is 0 Å². The normalized spacial score (nSPS) is 20.4. The number of hydrogen-bond donors (Lipinski definition) is 1. The Bertz CT molecular complexity index is 471. The number of piperidine rings is 1. The van der Waals surface area contributed by atoms with Gasteiger partial charge in [0.2, 0.25) is 0 Å². The zero-order valence-electron chi connectivity index (χ0n) is 9.71. The van der Waals surface area contributed by atoms with Gasteiger partial charge >= 0.3 is 0 Å². The third-order valence-corrected chi connectivity index (χ3v) is 3.23. The van der Waals surface area contributed by atoms with Crippen LogP contribution in [0.3, 0.4) is 0 Å². The molecule has 0 bridgehead atoms. The van der Waals surface area contributed by atoms with E-state index >= 15 is 0 Å². The van der Waals surface area contributed by atoms with Crippen molar-refractivity contribution in [3.05, 3.63) is 42.5 Å². The quantitative estimate of drug-likeness (QED) is 0.855. The van der Waals surface area contributed by atoms with Crippen LogP contribution in [0.1, 0.15) is 31.1 Å². The zero-order valence-corrected chi connectivity index (χ0v) is 9.71. The summed E-state index contributed by atoms with van der Waals surface area (Å²) in [5, 5.41) is 11.8. The van der Waals surface area contributed by atoms with Gasteiger partial charge in [0, 0.05) is 5.69 Å². The lowest BCUT2D eigenvalue weighted by Crippen LogP contribution is -2.29. The first-order valence-corrected chi connectivity index (χ1v) is 6.14. The lowest BCUT2D eigenvalue weighted by Gasteiger charge is -2.23. The summed E-state index contributed by atoms with van der Waals surface area (Å²) in [6.45, 7) is 1.08. The van der Waals surface area contributed by atoms with E-state index < -0.39 is 0 Å². The van der Waals surface area contributed by atoms with Gasteiger partial charge in [-0.25, -0.2) is 0 Å². The molecule has 17 heavy (non-hydrogen) atoms. The molecule has 1 saturated heterocycles. The average molecular weight is 228 g/mol. The van der Waals surface area contributed by atoms with E-state index in [4.69, 9.17) is 0 Å². The summed E-state index contributed by atoms with van der Waals surface area (Å²) in [7, 11) is 0. The number of nitrogens with zero attached hydrogens (tertiary/aromatic N) is 3. The smallest absolute Gasteiger partial charge is 0.154 e. The van der Waals surface area contributed by atoms with Gasteiger partial charge in [0.05, 0.1) is 6.04 Å². The summed E-state index contributed by atoms with van der Waals surface area (Å²) >= 11 is 0. The maximum atomic E-state index is 4.27. The summed E-state index contributed by atoms with van der Waals surface area (Å²) in [5.74, 6) is 1.02. The predicted octanol–water partition coefficient (Wildman–Crippen LogP) is 2.08. The second-order valence-corrected chi connectivity index (χ2v) is 4.40. The molecule has 0 aliphatic carbocycles. The Kier molecular flexibility index (Phi) is 2.88. The first-order chi connectivity index (χ1) is 8.45. The number of aromatic nitrogens is 3. The monoisotopic (exact) mass is 228 g/mol. The number of rotatable bonds is 2. The van der Waals surface area contributed by atoms with E-state index in [9.17, 15) is 0 Å². The summed E-state index contributed by atoms with van der Waals surface area (Å²) in [5.41, 5.74) is 1.12. The molecule has 2 heterocycles. The van der Waals surface area contributed by atoms with E-state index in [0.717, 1.165) is 24.5 Å². The van der Waals surface area contributed by atoms with Gasteiger partial charge in [0.15, 0.2) is 5.82 Å². The molecule has 1 fully saturated rings. The molecule has 1 N–H and O–H groups in total. The minimum absolute atomic E-state index is 0.339. The van der Waals surface area contributed by atoms with Gasteiger partial charge in [0.1, 0.15) is 6.33 Å². The van der Waals surface area contributed by atoms with Crippen molar-refractivity contribution < 1.29 is 0 Å². The molecule has 1 atom stereocenters. The molecule has 0 spiro atoms. The summed E-state index contributed by atoms with van der Waals surface area (Å²) < 4.78 is 2.07. The van der Waals surface area contributed by atoms with Crippen LogP contribution < -0.4 is 5.32 Å². The Hall–Kier alpha value is -1.68. The molecule has 88 valence electrons. The first-order valence-electron chi connectivity index (χ1n) is 6.14. The molecule has 0 unspecified atom stereocenters.